The third kappa shape index (κ3) is 4.56. The second kappa shape index (κ2) is 8.37. The summed E-state index contributed by atoms with van der Waals surface area (Å²) in [6.07, 6.45) is 8.36. The van der Waals surface area contributed by atoms with E-state index in [2.05, 4.69) is 27.3 Å². The van der Waals surface area contributed by atoms with Crippen molar-refractivity contribution in [3.8, 4) is 0 Å². The van der Waals surface area contributed by atoms with Gasteiger partial charge in [0, 0.05) is 12.5 Å². The molecule has 0 radical (unpaired) electrons. The lowest BCUT2D eigenvalue weighted by molar-refractivity contribution is 0.117. The molecule has 5 heteroatoms. The van der Waals surface area contributed by atoms with E-state index in [0.29, 0.717) is 6.04 Å². The summed E-state index contributed by atoms with van der Waals surface area (Å²) in [5.41, 5.74) is 0. The summed E-state index contributed by atoms with van der Waals surface area (Å²) in [6.45, 7) is 5.22. The minimum atomic E-state index is 0.655. The van der Waals surface area contributed by atoms with Gasteiger partial charge in [-0.1, -0.05) is 24.9 Å². The topological polar surface area (TPSA) is 54.2 Å². The van der Waals surface area contributed by atoms with E-state index < -0.39 is 0 Å². The SMILES string of the molecule is CCCCc1noc(CN2CCCCC2CCNC)n1. The molecule has 1 N–H and O–H groups in total. The van der Waals surface area contributed by atoms with E-state index in [1.54, 1.807) is 0 Å². The van der Waals surface area contributed by atoms with Crippen molar-refractivity contribution >= 4 is 0 Å². The molecule has 1 aliphatic heterocycles. The Morgan fingerprint density at radius 2 is 2.30 bits per heavy atom. The molecule has 1 atom stereocenters. The van der Waals surface area contributed by atoms with Crippen molar-refractivity contribution in [2.45, 2.75) is 64.5 Å². The zero-order valence-corrected chi connectivity index (χ0v) is 12.9. The smallest absolute Gasteiger partial charge is 0.240 e. The Labute approximate surface area is 122 Å². The predicted octanol–water partition coefficient (Wildman–Crippen LogP) is 2.38. The van der Waals surface area contributed by atoms with Crippen molar-refractivity contribution in [2.75, 3.05) is 20.1 Å². The summed E-state index contributed by atoms with van der Waals surface area (Å²) in [7, 11) is 2.02. The maximum Gasteiger partial charge on any atom is 0.240 e. The van der Waals surface area contributed by atoms with Gasteiger partial charge in [-0.2, -0.15) is 4.98 Å². The van der Waals surface area contributed by atoms with Crippen LogP contribution in [0.2, 0.25) is 0 Å². The van der Waals surface area contributed by atoms with Crippen molar-refractivity contribution in [3.63, 3.8) is 0 Å². The van der Waals surface area contributed by atoms with Crippen LogP contribution in [0.15, 0.2) is 4.52 Å². The third-order valence-corrected chi connectivity index (χ3v) is 4.08. The van der Waals surface area contributed by atoms with E-state index >= 15 is 0 Å². The third-order valence-electron chi connectivity index (χ3n) is 4.08. The number of rotatable bonds is 8. The van der Waals surface area contributed by atoms with Crippen LogP contribution in [0, 0.1) is 0 Å². The van der Waals surface area contributed by atoms with Gasteiger partial charge >= 0.3 is 0 Å². The Balaban J connectivity index is 1.87. The molecular weight excluding hydrogens is 252 g/mol. The Morgan fingerprint density at radius 3 is 3.10 bits per heavy atom. The lowest BCUT2D eigenvalue weighted by atomic mass is 9.99. The Bertz CT molecular complexity index is 380. The predicted molar refractivity (Wildman–Crippen MR) is 79.5 cm³/mol. The zero-order valence-electron chi connectivity index (χ0n) is 12.9. The van der Waals surface area contributed by atoms with Crippen molar-refractivity contribution in [2.24, 2.45) is 0 Å². The van der Waals surface area contributed by atoms with E-state index in [1.165, 1.54) is 32.1 Å². The lowest BCUT2D eigenvalue weighted by Crippen LogP contribution is -2.40. The van der Waals surface area contributed by atoms with Crippen molar-refractivity contribution < 1.29 is 4.52 Å². The van der Waals surface area contributed by atoms with Gasteiger partial charge in [-0.25, -0.2) is 0 Å². The molecule has 20 heavy (non-hydrogen) atoms. The van der Waals surface area contributed by atoms with Gasteiger partial charge in [0.25, 0.3) is 0 Å². The molecule has 1 saturated heterocycles. The first-order chi connectivity index (χ1) is 9.83. The van der Waals surface area contributed by atoms with Gasteiger partial charge in [0.2, 0.25) is 5.89 Å². The average Bonchev–Trinajstić information content (AvgIpc) is 2.92. The standard InChI is InChI=1S/C15H28N4O/c1-3-4-8-14-17-15(20-18-14)12-19-11-6-5-7-13(19)9-10-16-2/h13,16H,3-12H2,1-2H3. The maximum absolute atomic E-state index is 5.40. The van der Waals surface area contributed by atoms with E-state index in [1.807, 2.05) is 7.05 Å². The van der Waals surface area contributed by atoms with Crippen LogP contribution in [0.1, 0.15) is 57.2 Å². The second-order valence-electron chi connectivity index (χ2n) is 5.72. The largest absolute Gasteiger partial charge is 0.338 e. The summed E-state index contributed by atoms with van der Waals surface area (Å²) in [4.78, 5) is 7.03. The van der Waals surface area contributed by atoms with Gasteiger partial charge in [-0.3, -0.25) is 4.90 Å². The summed E-state index contributed by atoms with van der Waals surface area (Å²) in [5, 5.41) is 7.33. The van der Waals surface area contributed by atoms with Crippen LogP contribution >= 0.6 is 0 Å². The fourth-order valence-electron chi connectivity index (χ4n) is 2.87. The minimum Gasteiger partial charge on any atom is -0.338 e. The van der Waals surface area contributed by atoms with Crippen LogP contribution in [-0.2, 0) is 13.0 Å². The van der Waals surface area contributed by atoms with Crippen LogP contribution in [0.25, 0.3) is 0 Å². The van der Waals surface area contributed by atoms with Crippen molar-refractivity contribution in [3.05, 3.63) is 11.7 Å². The van der Waals surface area contributed by atoms with Crippen LogP contribution in [-0.4, -0.2) is 41.2 Å². The lowest BCUT2D eigenvalue weighted by Gasteiger charge is -2.34. The number of hydrogen-bond donors (Lipinski definition) is 1. The summed E-state index contributed by atoms with van der Waals surface area (Å²) in [5.74, 6) is 1.65. The normalized spacial score (nSPS) is 20.4. The molecule has 2 heterocycles. The first-order valence-electron chi connectivity index (χ1n) is 8.03. The van der Waals surface area contributed by atoms with Crippen LogP contribution < -0.4 is 5.32 Å². The molecule has 1 aliphatic rings. The molecule has 0 aliphatic carbocycles. The molecule has 2 rings (SSSR count). The van der Waals surface area contributed by atoms with Gasteiger partial charge in [0.1, 0.15) is 0 Å². The van der Waals surface area contributed by atoms with Gasteiger partial charge < -0.3 is 9.84 Å². The van der Waals surface area contributed by atoms with Gasteiger partial charge in [0.15, 0.2) is 5.82 Å². The molecule has 0 saturated carbocycles. The number of nitrogens with one attached hydrogen (secondary N) is 1. The molecule has 0 amide bonds. The first-order valence-corrected chi connectivity index (χ1v) is 8.03. The van der Waals surface area contributed by atoms with Crippen LogP contribution in [0.3, 0.4) is 0 Å². The second-order valence-corrected chi connectivity index (χ2v) is 5.72. The van der Waals surface area contributed by atoms with E-state index in [0.717, 1.165) is 44.2 Å². The minimum absolute atomic E-state index is 0.655. The molecule has 0 spiro atoms. The first kappa shape index (κ1) is 15.4. The van der Waals surface area contributed by atoms with Crippen molar-refractivity contribution in [1.29, 1.82) is 0 Å². The Kier molecular flexibility index (Phi) is 6.47. The molecule has 5 nitrogen and oxygen atoms in total. The molecule has 0 aromatic carbocycles. The van der Waals surface area contributed by atoms with E-state index in [4.69, 9.17) is 4.52 Å². The molecule has 114 valence electrons. The fraction of sp³-hybridized carbons (Fsp3) is 0.867. The fourth-order valence-corrected chi connectivity index (χ4v) is 2.87. The summed E-state index contributed by atoms with van der Waals surface area (Å²) in [6, 6.07) is 0.655. The summed E-state index contributed by atoms with van der Waals surface area (Å²) < 4.78 is 5.40. The van der Waals surface area contributed by atoms with Gasteiger partial charge in [0.05, 0.1) is 6.54 Å². The van der Waals surface area contributed by atoms with Crippen LogP contribution in [0.5, 0.6) is 0 Å². The molecule has 1 aromatic rings. The highest BCUT2D eigenvalue weighted by Crippen LogP contribution is 2.21. The highest BCUT2D eigenvalue weighted by atomic mass is 16.5. The highest BCUT2D eigenvalue weighted by Gasteiger charge is 2.23. The number of unbranched alkanes of at least 4 members (excludes halogenated alkanes) is 1. The number of aryl methyl sites for hydroxylation is 1. The number of likely N-dealkylation sites (tertiary alicyclic amines) is 1. The molecule has 0 bridgehead atoms. The average molecular weight is 280 g/mol. The molecule has 1 fully saturated rings. The molecule has 1 aromatic heterocycles. The zero-order chi connectivity index (χ0) is 14.2. The van der Waals surface area contributed by atoms with Gasteiger partial charge in [-0.15, -0.1) is 0 Å². The van der Waals surface area contributed by atoms with E-state index in [9.17, 15) is 0 Å². The van der Waals surface area contributed by atoms with Gasteiger partial charge in [-0.05, 0) is 45.8 Å². The quantitative estimate of drug-likeness (QED) is 0.792. The highest BCUT2D eigenvalue weighted by molar-refractivity contribution is 4.88. The van der Waals surface area contributed by atoms with E-state index in [-0.39, 0.29) is 0 Å². The van der Waals surface area contributed by atoms with Crippen molar-refractivity contribution in [1.82, 2.24) is 20.4 Å². The van der Waals surface area contributed by atoms with Crippen LogP contribution in [0.4, 0.5) is 0 Å². The number of piperidine rings is 1. The molecular formula is C15H28N4O. The summed E-state index contributed by atoms with van der Waals surface area (Å²) >= 11 is 0. The molecule has 1 unspecified atom stereocenters. The Hall–Kier alpha value is -0.940. The number of hydrogen-bond acceptors (Lipinski definition) is 5. The monoisotopic (exact) mass is 280 g/mol. The number of aromatic nitrogens is 2. The Morgan fingerprint density at radius 1 is 1.40 bits per heavy atom. The number of nitrogens with zero attached hydrogens (tertiary/aromatic N) is 3. The maximum atomic E-state index is 5.40.